The number of nitrogens with zero attached hydrogens (tertiary/aromatic N) is 2. The first-order valence-electron chi connectivity index (χ1n) is 6.78. The predicted octanol–water partition coefficient (Wildman–Crippen LogP) is 2.67. The largest absolute Gasteiger partial charge is 0.433 e. The quantitative estimate of drug-likeness (QED) is 0.290. The molecule has 2 amide bonds. The Bertz CT molecular complexity index is 952. The van der Waals surface area contributed by atoms with E-state index >= 15 is 0 Å². The van der Waals surface area contributed by atoms with Crippen LogP contribution in [-0.2, 0) is 9.59 Å². The fourth-order valence-electron chi connectivity index (χ4n) is 2.17. The average molecular weight is 378 g/mol. The number of amides is 2. The number of carbonyl (C=O) groups excluding carboxylic acids is 2. The van der Waals surface area contributed by atoms with E-state index in [1.54, 1.807) is 18.2 Å². The standard InChI is InChI=1S/C15H8ClN3O5S/c16-8-2-1-3-9(6-8)18-14(21)11(13(20)17-15(18)25)7-10-4-5-12(24-10)19(22)23/h1-7H,(H,17,20,25)/b11-7-. The first kappa shape index (κ1) is 16.8. The van der Waals surface area contributed by atoms with Gasteiger partial charge in [-0.15, -0.1) is 0 Å². The number of thiocarbonyl (C=S) groups is 1. The van der Waals surface area contributed by atoms with Crippen molar-refractivity contribution in [2.75, 3.05) is 4.90 Å². The van der Waals surface area contributed by atoms with Gasteiger partial charge in [-0.25, -0.2) is 0 Å². The molecular formula is C15H8ClN3O5S. The number of rotatable bonds is 3. The van der Waals surface area contributed by atoms with Crippen LogP contribution < -0.4 is 10.2 Å². The lowest BCUT2D eigenvalue weighted by Gasteiger charge is -2.28. The topological polar surface area (TPSA) is 106 Å². The summed E-state index contributed by atoms with van der Waals surface area (Å²) in [6.07, 6.45) is 1.12. The zero-order chi connectivity index (χ0) is 18.1. The lowest BCUT2D eigenvalue weighted by atomic mass is 10.1. The highest BCUT2D eigenvalue weighted by atomic mass is 35.5. The van der Waals surface area contributed by atoms with Crippen molar-refractivity contribution < 1.29 is 18.9 Å². The van der Waals surface area contributed by atoms with Gasteiger partial charge in [0, 0.05) is 5.02 Å². The van der Waals surface area contributed by atoms with Crippen molar-refractivity contribution in [3.05, 3.63) is 62.9 Å². The maximum absolute atomic E-state index is 12.7. The lowest BCUT2D eigenvalue weighted by molar-refractivity contribution is -0.402. The number of anilines is 1. The number of hydrogen-bond donors (Lipinski definition) is 1. The first-order valence-corrected chi connectivity index (χ1v) is 7.56. The maximum atomic E-state index is 12.7. The van der Waals surface area contributed by atoms with Crippen molar-refractivity contribution in [3.63, 3.8) is 0 Å². The Hall–Kier alpha value is -3.04. The van der Waals surface area contributed by atoms with Crippen LogP contribution in [0, 0.1) is 10.1 Å². The first-order chi connectivity index (χ1) is 11.9. The van der Waals surface area contributed by atoms with Crippen molar-refractivity contribution in [1.29, 1.82) is 0 Å². The molecule has 1 saturated heterocycles. The normalized spacial score (nSPS) is 16.3. The molecule has 0 aliphatic carbocycles. The average Bonchev–Trinajstić information content (AvgIpc) is 3.00. The van der Waals surface area contributed by atoms with Gasteiger partial charge in [-0.2, -0.15) is 0 Å². The molecule has 126 valence electrons. The van der Waals surface area contributed by atoms with Crippen LogP contribution in [0.4, 0.5) is 11.6 Å². The Labute approximate surface area is 150 Å². The molecule has 2 heterocycles. The Morgan fingerprint density at radius 1 is 1.28 bits per heavy atom. The minimum atomic E-state index is -0.729. The van der Waals surface area contributed by atoms with Crippen molar-refractivity contribution in [2.45, 2.75) is 0 Å². The molecule has 0 bridgehead atoms. The van der Waals surface area contributed by atoms with E-state index in [1.807, 2.05) is 0 Å². The zero-order valence-corrected chi connectivity index (χ0v) is 13.8. The molecule has 1 aromatic carbocycles. The second-order valence-corrected chi connectivity index (χ2v) is 5.69. The van der Waals surface area contributed by atoms with Gasteiger partial charge in [0.15, 0.2) is 5.11 Å². The molecule has 8 nitrogen and oxygen atoms in total. The number of hydrogen-bond acceptors (Lipinski definition) is 6. The summed E-state index contributed by atoms with van der Waals surface area (Å²) in [5, 5.41) is 13.3. The highest BCUT2D eigenvalue weighted by Gasteiger charge is 2.35. The van der Waals surface area contributed by atoms with Crippen molar-refractivity contribution in [1.82, 2.24) is 5.32 Å². The summed E-state index contributed by atoms with van der Waals surface area (Å²) in [5.41, 5.74) is 0.0941. The summed E-state index contributed by atoms with van der Waals surface area (Å²) in [7, 11) is 0. The fraction of sp³-hybridized carbons (Fsp3) is 0. The van der Waals surface area contributed by atoms with Crippen LogP contribution in [-0.4, -0.2) is 21.9 Å². The molecule has 1 N–H and O–H groups in total. The molecule has 1 fully saturated rings. The fourth-order valence-corrected chi connectivity index (χ4v) is 2.63. The van der Waals surface area contributed by atoms with Gasteiger partial charge in [-0.3, -0.25) is 29.9 Å². The maximum Gasteiger partial charge on any atom is 0.433 e. The number of carbonyl (C=O) groups is 2. The van der Waals surface area contributed by atoms with Gasteiger partial charge < -0.3 is 4.42 Å². The summed E-state index contributed by atoms with van der Waals surface area (Å²) in [4.78, 5) is 35.8. The van der Waals surface area contributed by atoms with Crippen LogP contribution in [0.15, 0.2) is 46.4 Å². The third kappa shape index (κ3) is 3.28. The second kappa shape index (κ2) is 6.46. The number of nitrogens with one attached hydrogen (secondary N) is 1. The molecule has 0 saturated carbocycles. The van der Waals surface area contributed by atoms with Crippen LogP contribution >= 0.6 is 23.8 Å². The van der Waals surface area contributed by atoms with Crippen molar-refractivity contribution in [3.8, 4) is 0 Å². The molecule has 0 unspecified atom stereocenters. The van der Waals surface area contributed by atoms with E-state index in [1.165, 1.54) is 12.1 Å². The van der Waals surface area contributed by atoms with E-state index in [0.717, 1.165) is 17.0 Å². The van der Waals surface area contributed by atoms with Crippen LogP contribution in [0.1, 0.15) is 5.76 Å². The molecule has 1 aliphatic rings. The van der Waals surface area contributed by atoms with Crippen LogP contribution in [0.2, 0.25) is 5.02 Å². The van der Waals surface area contributed by atoms with Gasteiger partial charge in [0.05, 0.1) is 11.8 Å². The molecule has 0 radical (unpaired) electrons. The zero-order valence-electron chi connectivity index (χ0n) is 12.3. The monoisotopic (exact) mass is 377 g/mol. The third-order valence-electron chi connectivity index (χ3n) is 3.25. The van der Waals surface area contributed by atoms with Crippen molar-refractivity contribution >= 4 is 58.4 Å². The van der Waals surface area contributed by atoms with Gasteiger partial charge in [-0.05, 0) is 42.6 Å². The van der Waals surface area contributed by atoms with Crippen LogP contribution in [0.25, 0.3) is 6.08 Å². The molecule has 2 aromatic rings. The predicted molar refractivity (Wildman–Crippen MR) is 93.0 cm³/mol. The minimum absolute atomic E-state index is 0.0101. The summed E-state index contributed by atoms with van der Waals surface area (Å²) >= 11 is 11.0. The number of halogens is 1. The summed E-state index contributed by atoms with van der Waals surface area (Å²) < 4.78 is 4.95. The highest BCUT2D eigenvalue weighted by Crippen LogP contribution is 2.25. The highest BCUT2D eigenvalue weighted by molar-refractivity contribution is 7.80. The molecule has 0 atom stereocenters. The van der Waals surface area contributed by atoms with Gasteiger partial charge in [0.25, 0.3) is 11.8 Å². The molecule has 1 aliphatic heterocycles. The second-order valence-electron chi connectivity index (χ2n) is 4.87. The molecule has 10 heteroatoms. The van der Waals surface area contributed by atoms with E-state index in [-0.39, 0.29) is 16.4 Å². The van der Waals surface area contributed by atoms with Crippen LogP contribution in [0.3, 0.4) is 0 Å². The summed E-state index contributed by atoms with van der Waals surface area (Å²) in [6, 6.07) is 8.77. The van der Waals surface area contributed by atoms with E-state index < -0.39 is 22.6 Å². The Kier molecular flexibility index (Phi) is 4.34. The van der Waals surface area contributed by atoms with E-state index in [0.29, 0.717) is 10.7 Å². The summed E-state index contributed by atoms with van der Waals surface area (Å²) in [5.74, 6) is -1.94. The Morgan fingerprint density at radius 3 is 2.68 bits per heavy atom. The van der Waals surface area contributed by atoms with Crippen LogP contribution in [0.5, 0.6) is 0 Å². The van der Waals surface area contributed by atoms with Gasteiger partial charge in [0.1, 0.15) is 16.3 Å². The van der Waals surface area contributed by atoms with Gasteiger partial charge in [0.2, 0.25) is 0 Å². The lowest BCUT2D eigenvalue weighted by Crippen LogP contribution is -2.54. The van der Waals surface area contributed by atoms with E-state index in [4.69, 9.17) is 28.2 Å². The van der Waals surface area contributed by atoms with Gasteiger partial charge in [-0.1, -0.05) is 17.7 Å². The Morgan fingerprint density at radius 2 is 2.04 bits per heavy atom. The third-order valence-corrected chi connectivity index (χ3v) is 3.77. The van der Waals surface area contributed by atoms with E-state index in [2.05, 4.69) is 5.32 Å². The minimum Gasteiger partial charge on any atom is -0.401 e. The molecular weight excluding hydrogens is 370 g/mol. The molecule has 0 spiro atoms. The molecule has 1 aromatic heterocycles. The van der Waals surface area contributed by atoms with Crippen molar-refractivity contribution in [2.24, 2.45) is 0 Å². The number of benzene rings is 1. The summed E-state index contributed by atoms with van der Waals surface area (Å²) in [6.45, 7) is 0. The molecule has 25 heavy (non-hydrogen) atoms. The Balaban J connectivity index is 2.00. The van der Waals surface area contributed by atoms with Gasteiger partial charge >= 0.3 is 5.88 Å². The number of furan rings is 1. The number of nitro groups is 1. The smallest absolute Gasteiger partial charge is 0.401 e. The van der Waals surface area contributed by atoms with E-state index in [9.17, 15) is 19.7 Å². The molecule has 3 rings (SSSR count). The SMILES string of the molecule is O=C1NC(=S)N(c2cccc(Cl)c2)C(=O)/C1=C\c1ccc([N+](=O)[O-])o1.